The summed E-state index contributed by atoms with van der Waals surface area (Å²) in [4.78, 5) is 46.0. The maximum absolute atomic E-state index is 12.9. The molecule has 2 amide bonds. The first-order valence-electron chi connectivity index (χ1n) is 10.1. The smallest absolute Gasteiger partial charge is 0.261 e. The molecule has 0 bridgehead atoms. The molecule has 3 aromatic rings. The fraction of sp³-hybridized carbons (Fsp3) is 0.318. The van der Waals surface area contributed by atoms with E-state index in [0.717, 1.165) is 37.1 Å². The second-order valence-electron chi connectivity index (χ2n) is 7.52. The number of benzene rings is 1. The number of aromatic nitrogens is 3. The maximum atomic E-state index is 12.9. The second kappa shape index (κ2) is 8.44. The summed E-state index contributed by atoms with van der Waals surface area (Å²) in [6.45, 7) is 2.56. The van der Waals surface area contributed by atoms with Crippen molar-refractivity contribution in [3.63, 3.8) is 0 Å². The molecule has 8 heteroatoms. The van der Waals surface area contributed by atoms with Gasteiger partial charge in [-0.25, -0.2) is 9.97 Å². The molecule has 3 heterocycles. The summed E-state index contributed by atoms with van der Waals surface area (Å²) in [5.74, 6) is 0.283. The lowest BCUT2D eigenvalue weighted by Gasteiger charge is -2.11. The Morgan fingerprint density at radius 2 is 1.90 bits per heavy atom. The summed E-state index contributed by atoms with van der Waals surface area (Å²) in [5.41, 5.74) is 1.97. The van der Waals surface area contributed by atoms with Crippen molar-refractivity contribution in [1.82, 2.24) is 14.5 Å². The lowest BCUT2D eigenvalue weighted by Crippen LogP contribution is -2.25. The highest BCUT2D eigenvalue weighted by Gasteiger charge is 2.15. The molecular formula is C22H23N5O3. The van der Waals surface area contributed by atoms with Crippen molar-refractivity contribution in [3.8, 4) is 0 Å². The molecule has 0 fully saturated rings. The molecule has 4 rings (SSSR count). The fourth-order valence-corrected chi connectivity index (χ4v) is 3.58. The molecule has 0 saturated heterocycles. The number of nitrogens with one attached hydrogen (secondary N) is 2. The van der Waals surface area contributed by atoms with Crippen LogP contribution < -0.4 is 16.2 Å². The van der Waals surface area contributed by atoms with E-state index in [4.69, 9.17) is 0 Å². The third-order valence-electron chi connectivity index (χ3n) is 5.10. The Morgan fingerprint density at radius 3 is 2.70 bits per heavy atom. The van der Waals surface area contributed by atoms with Crippen molar-refractivity contribution in [2.24, 2.45) is 0 Å². The molecule has 8 nitrogen and oxygen atoms in total. The molecule has 1 aliphatic heterocycles. The van der Waals surface area contributed by atoms with Crippen molar-refractivity contribution in [3.05, 3.63) is 58.3 Å². The van der Waals surface area contributed by atoms with Crippen LogP contribution in [-0.2, 0) is 22.6 Å². The summed E-state index contributed by atoms with van der Waals surface area (Å²) in [7, 11) is 0. The summed E-state index contributed by atoms with van der Waals surface area (Å²) >= 11 is 0. The monoisotopic (exact) mass is 405 g/mol. The third-order valence-corrected chi connectivity index (χ3v) is 5.10. The van der Waals surface area contributed by atoms with Gasteiger partial charge in [0.25, 0.3) is 5.56 Å². The van der Waals surface area contributed by atoms with Gasteiger partial charge in [-0.2, -0.15) is 0 Å². The van der Waals surface area contributed by atoms with E-state index in [-0.39, 0.29) is 12.0 Å². The van der Waals surface area contributed by atoms with Gasteiger partial charge < -0.3 is 10.6 Å². The largest absolute Gasteiger partial charge is 0.326 e. The van der Waals surface area contributed by atoms with E-state index in [2.05, 4.69) is 20.6 Å². The predicted molar refractivity (Wildman–Crippen MR) is 114 cm³/mol. The van der Waals surface area contributed by atoms with Crippen LogP contribution in [0.2, 0.25) is 0 Å². The van der Waals surface area contributed by atoms with Crippen LogP contribution in [0.3, 0.4) is 0 Å². The number of hydrogen-bond acceptors (Lipinski definition) is 5. The van der Waals surface area contributed by atoms with Crippen molar-refractivity contribution in [2.45, 2.75) is 45.6 Å². The standard InChI is InChI=1S/C22H23N5O3/c1-14-6-9-18(23-13-14)26-21(29)12-20(28)24-15-7-8-17-16(11-15)22(30)27-10-4-2-3-5-19(27)25-17/h6-9,11,13H,2-5,10,12H2,1H3,(H,24,28)(H,23,26,29). The van der Waals surface area contributed by atoms with Crippen molar-refractivity contribution < 1.29 is 9.59 Å². The van der Waals surface area contributed by atoms with Crippen LogP contribution in [0.1, 0.15) is 37.1 Å². The first kappa shape index (κ1) is 19.8. The third kappa shape index (κ3) is 4.37. The highest BCUT2D eigenvalue weighted by Crippen LogP contribution is 2.18. The first-order chi connectivity index (χ1) is 14.5. The normalized spacial score (nSPS) is 13.4. The van der Waals surface area contributed by atoms with Crippen LogP contribution >= 0.6 is 0 Å². The van der Waals surface area contributed by atoms with Gasteiger partial charge in [0.15, 0.2) is 0 Å². The highest BCUT2D eigenvalue weighted by molar-refractivity contribution is 6.08. The maximum Gasteiger partial charge on any atom is 0.261 e. The van der Waals surface area contributed by atoms with Crippen molar-refractivity contribution in [2.75, 3.05) is 10.6 Å². The molecule has 0 unspecified atom stereocenters. The van der Waals surface area contributed by atoms with E-state index >= 15 is 0 Å². The summed E-state index contributed by atoms with van der Waals surface area (Å²) < 4.78 is 1.74. The van der Waals surface area contributed by atoms with Gasteiger partial charge in [0, 0.05) is 24.8 Å². The van der Waals surface area contributed by atoms with Gasteiger partial charge in [0.1, 0.15) is 18.1 Å². The number of pyridine rings is 1. The SMILES string of the molecule is Cc1ccc(NC(=O)CC(=O)Nc2ccc3nc4n(c(=O)c3c2)CCCCC4)nc1. The lowest BCUT2D eigenvalue weighted by molar-refractivity contribution is -0.123. The minimum absolute atomic E-state index is 0.0869. The Balaban J connectivity index is 1.47. The van der Waals surface area contributed by atoms with Gasteiger partial charge in [-0.05, 0) is 49.6 Å². The summed E-state index contributed by atoms with van der Waals surface area (Å²) in [6.07, 6.45) is 5.16. The molecule has 30 heavy (non-hydrogen) atoms. The van der Waals surface area contributed by atoms with E-state index < -0.39 is 11.8 Å². The van der Waals surface area contributed by atoms with Crippen LogP contribution in [0, 0.1) is 6.92 Å². The average molecular weight is 405 g/mol. The van der Waals surface area contributed by atoms with Crippen LogP contribution in [0.5, 0.6) is 0 Å². The number of anilines is 2. The molecule has 0 atom stereocenters. The van der Waals surface area contributed by atoms with Crippen LogP contribution in [0.4, 0.5) is 11.5 Å². The first-order valence-corrected chi connectivity index (χ1v) is 10.1. The van der Waals surface area contributed by atoms with Crippen LogP contribution in [-0.4, -0.2) is 26.3 Å². The zero-order valence-electron chi connectivity index (χ0n) is 16.8. The molecule has 0 saturated carbocycles. The Hall–Kier alpha value is -3.55. The van der Waals surface area contributed by atoms with Crippen LogP contribution in [0.15, 0.2) is 41.3 Å². The zero-order chi connectivity index (χ0) is 21.1. The molecule has 0 spiro atoms. The van der Waals surface area contributed by atoms with Gasteiger partial charge in [0.2, 0.25) is 11.8 Å². The average Bonchev–Trinajstić information content (AvgIpc) is 2.96. The Kier molecular flexibility index (Phi) is 5.56. The molecule has 1 aliphatic rings. The van der Waals surface area contributed by atoms with Gasteiger partial charge in [-0.1, -0.05) is 12.5 Å². The number of carbonyl (C=O) groups excluding carboxylic acids is 2. The minimum atomic E-state index is -0.471. The molecule has 154 valence electrons. The minimum Gasteiger partial charge on any atom is -0.326 e. The van der Waals surface area contributed by atoms with E-state index in [0.29, 0.717) is 29.0 Å². The quantitative estimate of drug-likeness (QED) is 0.649. The molecule has 0 radical (unpaired) electrons. The van der Waals surface area contributed by atoms with Crippen LogP contribution in [0.25, 0.3) is 10.9 Å². The zero-order valence-corrected chi connectivity index (χ0v) is 16.8. The summed E-state index contributed by atoms with van der Waals surface area (Å²) in [5, 5.41) is 5.74. The Labute approximate surface area is 173 Å². The number of carbonyl (C=O) groups is 2. The lowest BCUT2D eigenvalue weighted by atomic mass is 10.2. The van der Waals surface area contributed by atoms with Gasteiger partial charge in [-0.3, -0.25) is 19.0 Å². The van der Waals surface area contributed by atoms with Gasteiger partial charge in [-0.15, -0.1) is 0 Å². The molecule has 2 N–H and O–H groups in total. The van der Waals surface area contributed by atoms with Crippen molar-refractivity contribution >= 4 is 34.2 Å². The molecule has 0 aliphatic carbocycles. The molecule has 1 aromatic carbocycles. The second-order valence-corrected chi connectivity index (χ2v) is 7.52. The van der Waals surface area contributed by atoms with E-state index in [9.17, 15) is 14.4 Å². The highest BCUT2D eigenvalue weighted by atomic mass is 16.2. The van der Waals surface area contributed by atoms with E-state index in [1.165, 1.54) is 0 Å². The topological polar surface area (TPSA) is 106 Å². The summed E-state index contributed by atoms with van der Waals surface area (Å²) in [6, 6.07) is 8.55. The number of amides is 2. The predicted octanol–water partition coefficient (Wildman–Crippen LogP) is 2.79. The molecule has 2 aromatic heterocycles. The number of rotatable bonds is 4. The Bertz CT molecular complexity index is 1170. The number of aryl methyl sites for hydroxylation is 2. The van der Waals surface area contributed by atoms with E-state index in [1.54, 1.807) is 35.0 Å². The fourth-order valence-electron chi connectivity index (χ4n) is 3.58. The van der Waals surface area contributed by atoms with Gasteiger partial charge >= 0.3 is 0 Å². The number of hydrogen-bond donors (Lipinski definition) is 2. The van der Waals surface area contributed by atoms with Gasteiger partial charge in [0.05, 0.1) is 10.9 Å². The number of fused-ring (bicyclic) bond motifs is 2. The van der Waals surface area contributed by atoms with E-state index in [1.807, 2.05) is 13.0 Å². The Morgan fingerprint density at radius 1 is 1.07 bits per heavy atom. The molecular weight excluding hydrogens is 382 g/mol. The number of nitrogens with zero attached hydrogens (tertiary/aromatic N) is 3. The van der Waals surface area contributed by atoms with Crippen molar-refractivity contribution in [1.29, 1.82) is 0 Å².